The minimum absolute atomic E-state index is 0.432. The Morgan fingerprint density at radius 3 is 2.89 bits per heavy atom. The van der Waals surface area contributed by atoms with Crippen molar-refractivity contribution in [1.29, 1.82) is 0 Å². The number of thiazole rings is 1. The number of hydrogen-bond acceptors (Lipinski definition) is 6. The Morgan fingerprint density at radius 1 is 1.58 bits per heavy atom. The van der Waals surface area contributed by atoms with Gasteiger partial charge in [0, 0.05) is 18.0 Å². The van der Waals surface area contributed by atoms with E-state index in [9.17, 15) is 4.79 Å². The van der Waals surface area contributed by atoms with Crippen LogP contribution in [0.25, 0.3) is 0 Å². The van der Waals surface area contributed by atoms with Crippen LogP contribution in [-0.2, 0) is 4.79 Å². The van der Waals surface area contributed by atoms with Gasteiger partial charge in [-0.05, 0) is 31.8 Å². The van der Waals surface area contributed by atoms with Gasteiger partial charge in [-0.1, -0.05) is 0 Å². The second-order valence-electron chi connectivity index (χ2n) is 5.28. The van der Waals surface area contributed by atoms with E-state index < -0.39 is 12.0 Å². The molecule has 2 atom stereocenters. The summed E-state index contributed by atoms with van der Waals surface area (Å²) in [6, 6.07) is -0.596. The zero-order valence-corrected chi connectivity index (χ0v) is 11.4. The highest BCUT2D eigenvalue weighted by molar-refractivity contribution is 7.13. The Kier molecular flexibility index (Phi) is 3.42. The fraction of sp³-hybridized carbons (Fsp3) is 0.667. The molecule has 1 aromatic rings. The van der Waals surface area contributed by atoms with E-state index in [0.29, 0.717) is 17.7 Å². The highest BCUT2D eigenvalue weighted by Gasteiger charge is 2.34. The van der Waals surface area contributed by atoms with Crippen molar-refractivity contribution in [2.75, 3.05) is 25.0 Å². The van der Waals surface area contributed by atoms with Crippen molar-refractivity contribution in [1.82, 2.24) is 9.88 Å². The van der Waals surface area contributed by atoms with Gasteiger partial charge >= 0.3 is 5.97 Å². The van der Waals surface area contributed by atoms with Gasteiger partial charge in [-0.3, -0.25) is 4.79 Å². The summed E-state index contributed by atoms with van der Waals surface area (Å²) in [7, 11) is 0. The molecular weight excluding hydrogens is 264 g/mol. The SMILES string of the molecule is NC(C(=O)O)c1csc(NC2CN3CCC2CC3)n1. The van der Waals surface area contributed by atoms with Crippen molar-refractivity contribution in [2.24, 2.45) is 11.7 Å². The average Bonchev–Trinajstić information content (AvgIpc) is 2.87. The first-order chi connectivity index (χ1) is 9.13. The Labute approximate surface area is 115 Å². The number of piperidine rings is 3. The Balaban J connectivity index is 1.66. The predicted octanol–water partition coefficient (Wildman–Crippen LogP) is 0.734. The smallest absolute Gasteiger partial charge is 0.326 e. The number of nitrogens with zero attached hydrogens (tertiary/aromatic N) is 2. The summed E-state index contributed by atoms with van der Waals surface area (Å²) in [5, 5.41) is 14.8. The summed E-state index contributed by atoms with van der Waals surface area (Å²) in [4.78, 5) is 17.6. The third-order valence-electron chi connectivity index (χ3n) is 4.07. The third-order valence-corrected chi connectivity index (χ3v) is 4.86. The maximum atomic E-state index is 10.8. The molecular formula is C12H18N4O2S. The summed E-state index contributed by atoms with van der Waals surface area (Å²) in [5.41, 5.74) is 5.99. The number of nitrogens with one attached hydrogen (secondary N) is 1. The van der Waals surface area contributed by atoms with E-state index in [4.69, 9.17) is 10.8 Å². The lowest BCUT2D eigenvalue weighted by Gasteiger charge is -2.44. The maximum Gasteiger partial charge on any atom is 0.326 e. The van der Waals surface area contributed by atoms with Crippen LogP contribution in [0.5, 0.6) is 0 Å². The van der Waals surface area contributed by atoms with Gasteiger partial charge in [0.2, 0.25) is 0 Å². The molecule has 0 amide bonds. The van der Waals surface area contributed by atoms with Gasteiger partial charge in [0.05, 0.1) is 5.69 Å². The number of nitrogens with two attached hydrogens (primary N) is 1. The van der Waals surface area contributed by atoms with Crippen molar-refractivity contribution < 1.29 is 9.90 Å². The molecule has 0 aromatic carbocycles. The number of carboxylic acid groups (broad SMARTS) is 1. The lowest BCUT2D eigenvalue weighted by atomic mass is 9.84. The van der Waals surface area contributed by atoms with Crippen LogP contribution in [0.4, 0.5) is 5.13 Å². The summed E-state index contributed by atoms with van der Waals surface area (Å²) in [6.45, 7) is 3.47. The normalized spacial score (nSPS) is 31.1. The summed E-state index contributed by atoms with van der Waals surface area (Å²) < 4.78 is 0. The molecule has 0 saturated carbocycles. The van der Waals surface area contributed by atoms with Crippen molar-refractivity contribution >= 4 is 22.4 Å². The highest BCUT2D eigenvalue weighted by Crippen LogP contribution is 2.30. The molecule has 0 radical (unpaired) electrons. The van der Waals surface area contributed by atoms with Crippen molar-refractivity contribution in [3.63, 3.8) is 0 Å². The summed E-state index contributed by atoms with van der Waals surface area (Å²) in [6.07, 6.45) is 2.48. The lowest BCUT2D eigenvalue weighted by Crippen LogP contribution is -2.53. The fourth-order valence-corrected chi connectivity index (χ4v) is 3.72. The number of rotatable bonds is 4. The van der Waals surface area contributed by atoms with E-state index in [0.717, 1.165) is 11.7 Å². The standard InChI is InChI=1S/C12H18N4O2S/c13-10(11(17)18)9-6-19-12(15-9)14-8-5-16-3-1-7(8)2-4-16/h6-8,10H,1-5,13H2,(H,14,15)(H,17,18). The second kappa shape index (κ2) is 5.07. The molecule has 104 valence electrons. The molecule has 19 heavy (non-hydrogen) atoms. The number of fused-ring (bicyclic) bond motifs is 3. The topological polar surface area (TPSA) is 91.5 Å². The van der Waals surface area contributed by atoms with E-state index in [1.807, 2.05) is 0 Å². The lowest BCUT2D eigenvalue weighted by molar-refractivity contribution is -0.138. The Hall–Kier alpha value is -1.18. The Morgan fingerprint density at radius 2 is 2.32 bits per heavy atom. The number of hydrogen-bond donors (Lipinski definition) is 3. The molecule has 3 aliphatic rings. The van der Waals surface area contributed by atoms with Gasteiger partial charge < -0.3 is 21.1 Å². The first kappa shape index (κ1) is 12.8. The molecule has 2 unspecified atom stereocenters. The molecule has 0 aliphatic carbocycles. The first-order valence-corrected chi connectivity index (χ1v) is 7.44. The van der Waals surface area contributed by atoms with Crippen LogP contribution in [0.1, 0.15) is 24.6 Å². The van der Waals surface area contributed by atoms with Crippen molar-refractivity contribution in [3.05, 3.63) is 11.1 Å². The van der Waals surface area contributed by atoms with Crippen molar-refractivity contribution in [2.45, 2.75) is 24.9 Å². The molecule has 2 bridgehead atoms. The predicted molar refractivity (Wildman–Crippen MR) is 73.3 cm³/mol. The quantitative estimate of drug-likeness (QED) is 0.754. The largest absolute Gasteiger partial charge is 0.480 e. The highest BCUT2D eigenvalue weighted by atomic mass is 32.1. The third kappa shape index (κ3) is 2.58. The van der Waals surface area contributed by atoms with Gasteiger partial charge in [-0.15, -0.1) is 11.3 Å². The van der Waals surface area contributed by atoms with Crippen LogP contribution in [0, 0.1) is 5.92 Å². The fourth-order valence-electron chi connectivity index (χ4n) is 2.91. The molecule has 1 aromatic heterocycles. The number of carboxylic acids is 1. The van der Waals surface area contributed by atoms with Crippen LogP contribution in [0.15, 0.2) is 5.38 Å². The number of carbonyl (C=O) groups is 1. The molecule has 4 heterocycles. The van der Waals surface area contributed by atoms with Crippen LogP contribution in [0.2, 0.25) is 0 Å². The minimum atomic E-state index is -1.04. The zero-order valence-electron chi connectivity index (χ0n) is 10.6. The monoisotopic (exact) mass is 282 g/mol. The minimum Gasteiger partial charge on any atom is -0.480 e. The van der Waals surface area contributed by atoms with Crippen LogP contribution in [-0.4, -0.2) is 46.6 Å². The summed E-state index contributed by atoms with van der Waals surface area (Å²) >= 11 is 1.43. The number of aromatic nitrogens is 1. The van der Waals surface area contributed by atoms with Crippen LogP contribution < -0.4 is 11.1 Å². The molecule has 3 fully saturated rings. The van der Waals surface area contributed by atoms with E-state index in [1.54, 1.807) is 5.38 Å². The molecule has 3 aliphatic heterocycles. The van der Waals surface area contributed by atoms with Crippen LogP contribution in [0.3, 0.4) is 0 Å². The van der Waals surface area contributed by atoms with E-state index in [2.05, 4.69) is 15.2 Å². The zero-order chi connectivity index (χ0) is 13.4. The number of anilines is 1. The molecule has 6 nitrogen and oxygen atoms in total. The molecule has 0 spiro atoms. The summed E-state index contributed by atoms with van der Waals surface area (Å²) in [5.74, 6) is -0.329. The van der Waals surface area contributed by atoms with Gasteiger partial charge in [-0.2, -0.15) is 0 Å². The number of aliphatic carboxylic acids is 1. The van der Waals surface area contributed by atoms with Crippen molar-refractivity contribution in [3.8, 4) is 0 Å². The van der Waals surface area contributed by atoms with Gasteiger partial charge in [-0.25, -0.2) is 4.98 Å². The van der Waals surface area contributed by atoms with Gasteiger partial charge in [0.1, 0.15) is 6.04 Å². The van der Waals surface area contributed by atoms with Gasteiger partial charge in [0.25, 0.3) is 0 Å². The maximum absolute atomic E-state index is 10.8. The van der Waals surface area contributed by atoms with E-state index in [-0.39, 0.29) is 0 Å². The molecule has 4 rings (SSSR count). The van der Waals surface area contributed by atoms with Crippen LogP contribution >= 0.6 is 11.3 Å². The molecule has 3 saturated heterocycles. The average molecular weight is 282 g/mol. The first-order valence-electron chi connectivity index (χ1n) is 6.56. The second-order valence-corrected chi connectivity index (χ2v) is 6.14. The van der Waals surface area contributed by atoms with E-state index in [1.165, 1.54) is 37.3 Å². The Bertz CT molecular complexity index is 470. The van der Waals surface area contributed by atoms with Gasteiger partial charge in [0.15, 0.2) is 5.13 Å². The van der Waals surface area contributed by atoms with E-state index >= 15 is 0 Å². The molecule has 4 N–H and O–H groups in total. The molecule has 7 heteroatoms.